The molecule has 0 amide bonds. The zero-order chi connectivity index (χ0) is 14.8. The van der Waals surface area contributed by atoms with Crippen LogP contribution in [0.25, 0.3) is 0 Å². The highest BCUT2D eigenvalue weighted by molar-refractivity contribution is 5.47. The van der Waals surface area contributed by atoms with E-state index in [1.807, 2.05) is 4.68 Å². The number of benzene rings is 1. The fraction of sp³-hybridized carbons (Fsp3) is 0.400. The Kier molecular flexibility index (Phi) is 3.88. The van der Waals surface area contributed by atoms with Crippen molar-refractivity contribution in [1.29, 1.82) is 0 Å². The first kappa shape index (κ1) is 14.0. The molecule has 1 atom stereocenters. The summed E-state index contributed by atoms with van der Waals surface area (Å²) >= 11 is 0. The van der Waals surface area contributed by atoms with Crippen LogP contribution in [0, 0.1) is 11.6 Å². The van der Waals surface area contributed by atoms with E-state index in [4.69, 9.17) is 5.11 Å². The second-order valence-electron chi connectivity index (χ2n) is 5.19. The normalized spacial score (nSPS) is 17.4. The molecule has 1 aromatic carbocycles. The summed E-state index contributed by atoms with van der Waals surface area (Å²) in [4.78, 5) is 0. The number of nitrogens with zero attached hydrogens (tertiary/aromatic N) is 2. The van der Waals surface area contributed by atoms with Gasteiger partial charge in [-0.1, -0.05) is 6.07 Å². The van der Waals surface area contributed by atoms with E-state index in [0.29, 0.717) is 12.0 Å². The molecule has 0 fully saturated rings. The van der Waals surface area contributed by atoms with E-state index in [1.54, 1.807) is 12.3 Å². The number of nitrogens with one attached hydrogen (secondary N) is 1. The molecular weight excluding hydrogens is 276 g/mol. The van der Waals surface area contributed by atoms with Gasteiger partial charge in [0, 0.05) is 18.7 Å². The predicted octanol–water partition coefficient (Wildman–Crippen LogP) is 2.49. The molecule has 0 radical (unpaired) electrons. The first-order valence-corrected chi connectivity index (χ1v) is 7.06. The summed E-state index contributed by atoms with van der Waals surface area (Å²) in [6.07, 6.45) is 3.95. The summed E-state index contributed by atoms with van der Waals surface area (Å²) in [6.45, 7) is 0.888. The van der Waals surface area contributed by atoms with Gasteiger partial charge >= 0.3 is 0 Å². The second-order valence-corrected chi connectivity index (χ2v) is 5.19. The average Bonchev–Trinajstić information content (AvgIpc) is 2.91. The van der Waals surface area contributed by atoms with Gasteiger partial charge in [-0.3, -0.25) is 0 Å². The third-order valence-corrected chi connectivity index (χ3v) is 3.81. The van der Waals surface area contributed by atoms with E-state index in [9.17, 15) is 8.78 Å². The van der Waals surface area contributed by atoms with Crippen LogP contribution in [-0.2, 0) is 6.42 Å². The van der Waals surface area contributed by atoms with Crippen molar-refractivity contribution in [2.75, 3.05) is 18.5 Å². The van der Waals surface area contributed by atoms with E-state index in [1.165, 1.54) is 6.07 Å². The van der Waals surface area contributed by atoms with Gasteiger partial charge in [0.25, 0.3) is 0 Å². The summed E-state index contributed by atoms with van der Waals surface area (Å²) in [5.41, 5.74) is 1.75. The van der Waals surface area contributed by atoms with Gasteiger partial charge in [-0.2, -0.15) is 5.10 Å². The zero-order valence-electron chi connectivity index (χ0n) is 11.5. The van der Waals surface area contributed by atoms with Crippen molar-refractivity contribution in [3.8, 4) is 0 Å². The minimum atomic E-state index is -0.836. The topological polar surface area (TPSA) is 50.1 Å². The Morgan fingerprint density at radius 2 is 2.19 bits per heavy atom. The molecule has 0 saturated carbocycles. The number of aromatic nitrogens is 2. The highest BCUT2D eigenvalue weighted by atomic mass is 19.2. The molecule has 1 aliphatic rings. The number of halogens is 2. The Morgan fingerprint density at radius 3 is 2.95 bits per heavy atom. The summed E-state index contributed by atoms with van der Waals surface area (Å²) in [5.74, 6) is -0.762. The quantitative estimate of drug-likeness (QED) is 0.910. The summed E-state index contributed by atoms with van der Waals surface area (Å²) < 4.78 is 28.3. The van der Waals surface area contributed by atoms with Crippen LogP contribution in [-0.4, -0.2) is 28.0 Å². The van der Waals surface area contributed by atoms with E-state index in [-0.39, 0.29) is 12.6 Å². The minimum Gasteiger partial charge on any atom is -0.396 e. The molecular formula is C15H17F2N3O. The minimum absolute atomic E-state index is 0.0979. The first-order chi connectivity index (χ1) is 10.2. The molecule has 1 unspecified atom stereocenters. The molecule has 21 heavy (non-hydrogen) atoms. The van der Waals surface area contributed by atoms with Gasteiger partial charge in [0.05, 0.1) is 12.2 Å². The first-order valence-electron chi connectivity index (χ1n) is 7.06. The van der Waals surface area contributed by atoms with Crippen LogP contribution in [0.5, 0.6) is 0 Å². The van der Waals surface area contributed by atoms with Gasteiger partial charge in [-0.15, -0.1) is 0 Å². The second kappa shape index (κ2) is 5.81. The molecule has 6 heteroatoms. The van der Waals surface area contributed by atoms with E-state index in [2.05, 4.69) is 10.4 Å². The number of hydrogen-bond acceptors (Lipinski definition) is 3. The number of aliphatic hydroxyl groups excluding tert-OH is 1. The molecule has 4 nitrogen and oxygen atoms in total. The Hall–Kier alpha value is -1.95. The summed E-state index contributed by atoms with van der Waals surface area (Å²) in [6, 6.07) is 3.90. The van der Waals surface area contributed by atoms with Crippen LogP contribution < -0.4 is 5.32 Å². The van der Waals surface area contributed by atoms with Crippen LogP contribution in [0.4, 0.5) is 14.6 Å². The molecule has 2 heterocycles. The van der Waals surface area contributed by atoms with Gasteiger partial charge in [0.2, 0.25) is 0 Å². The predicted molar refractivity (Wildman–Crippen MR) is 75.2 cm³/mol. The summed E-state index contributed by atoms with van der Waals surface area (Å²) in [7, 11) is 0. The molecule has 0 aliphatic carbocycles. The highest BCUT2D eigenvalue weighted by Crippen LogP contribution is 2.32. The largest absolute Gasteiger partial charge is 0.396 e. The van der Waals surface area contributed by atoms with E-state index in [0.717, 1.165) is 36.8 Å². The smallest absolute Gasteiger partial charge is 0.159 e. The van der Waals surface area contributed by atoms with Crippen LogP contribution in [0.2, 0.25) is 0 Å². The molecule has 1 aliphatic heterocycles. The molecule has 3 rings (SSSR count). The van der Waals surface area contributed by atoms with Crippen LogP contribution in [0.3, 0.4) is 0 Å². The Balaban J connectivity index is 1.93. The fourth-order valence-corrected chi connectivity index (χ4v) is 2.76. The lowest BCUT2D eigenvalue weighted by atomic mass is 10.0. The Labute approximate surface area is 121 Å². The van der Waals surface area contributed by atoms with Crippen molar-refractivity contribution < 1.29 is 13.9 Å². The van der Waals surface area contributed by atoms with Crippen molar-refractivity contribution in [1.82, 2.24) is 9.78 Å². The standard InChI is InChI=1S/C15H17F2N3O/c16-12-4-3-10(8-13(12)17)14-5-6-18-15-11(2-1-7-21)9-19-20(14)15/h3-4,8-9,14,18,21H,1-2,5-7H2. The maximum Gasteiger partial charge on any atom is 0.159 e. The van der Waals surface area contributed by atoms with Gasteiger partial charge in [-0.25, -0.2) is 13.5 Å². The lowest BCUT2D eigenvalue weighted by Crippen LogP contribution is -2.25. The van der Waals surface area contributed by atoms with Gasteiger partial charge < -0.3 is 10.4 Å². The van der Waals surface area contributed by atoms with Crippen molar-refractivity contribution >= 4 is 5.82 Å². The lowest BCUT2D eigenvalue weighted by Gasteiger charge is -2.27. The molecule has 0 spiro atoms. The number of fused-ring (bicyclic) bond motifs is 1. The summed E-state index contributed by atoms with van der Waals surface area (Å²) in [5, 5.41) is 16.6. The average molecular weight is 293 g/mol. The monoisotopic (exact) mass is 293 g/mol. The van der Waals surface area contributed by atoms with Crippen molar-refractivity contribution in [2.24, 2.45) is 0 Å². The third-order valence-electron chi connectivity index (χ3n) is 3.81. The van der Waals surface area contributed by atoms with Crippen molar-refractivity contribution in [2.45, 2.75) is 25.3 Å². The van der Waals surface area contributed by atoms with Crippen LogP contribution >= 0.6 is 0 Å². The van der Waals surface area contributed by atoms with Crippen molar-refractivity contribution in [3.05, 3.63) is 47.2 Å². The number of aliphatic hydroxyl groups is 1. The maximum atomic E-state index is 13.4. The molecule has 2 aromatic rings. The van der Waals surface area contributed by atoms with Crippen LogP contribution in [0.15, 0.2) is 24.4 Å². The molecule has 0 bridgehead atoms. The molecule has 112 valence electrons. The Morgan fingerprint density at radius 1 is 1.33 bits per heavy atom. The van der Waals surface area contributed by atoms with Gasteiger partial charge in [0.1, 0.15) is 5.82 Å². The lowest BCUT2D eigenvalue weighted by molar-refractivity contribution is 0.288. The third kappa shape index (κ3) is 2.63. The van der Waals surface area contributed by atoms with Gasteiger partial charge in [0.15, 0.2) is 11.6 Å². The van der Waals surface area contributed by atoms with E-state index >= 15 is 0 Å². The Bertz CT molecular complexity index is 642. The van der Waals surface area contributed by atoms with Gasteiger partial charge in [-0.05, 0) is 37.0 Å². The van der Waals surface area contributed by atoms with E-state index < -0.39 is 11.6 Å². The SMILES string of the molecule is OCCCc1cnn2c1NCCC2c1ccc(F)c(F)c1. The maximum absolute atomic E-state index is 13.4. The highest BCUT2D eigenvalue weighted by Gasteiger charge is 2.24. The zero-order valence-corrected chi connectivity index (χ0v) is 11.5. The number of aryl methyl sites for hydroxylation is 1. The molecule has 1 aromatic heterocycles. The number of hydrogen-bond donors (Lipinski definition) is 2. The van der Waals surface area contributed by atoms with Crippen LogP contribution in [0.1, 0.15) is 30.0 Å². The molecule has 2 N–H and O–H groups in total. The number of anilines is 1. The fourth-order valence-electron chi connectivity index (χ4n) is 2.76. The number of rotatable bonds is 4. The molecule has 0 saturated heterocycles. The van der Waals surface area contributed by atoms with Crippen molar-refractivity contribution in [3.63, 3.8) is 0 Å².